The molecule has 1 aromatic heterocycles. The van der Waals surface area contributed by atoms with Gasteiger partial charge < -0.3 is 20.1 Å². The molecule has 2 aromatic rings. The summed E-state index contributed by atoms with van der Waals surface area (Å²) in [6.07, 6.45) is 4.90. The Bertz CT molecular complexity index is 750. The molecule has 140 valence electrons. The summed E-state index contributed by atoms with van der Waals surface area (Å²) in [7, 11) is 3.67. The van der Waals surface area contributed by atoms with E-state index in [-0.39, 0.29) is 6.10 Å². The summed E-state index contributed by atoms with van der Waals surface area (Å²) >= 11 is 0. The number of rotatable bonds is 6. The molecule has 1 aromatic carbocycles. The minimum absolute atomic E-state index is 0.138. The Balaban J connectivity index is 1.58. The molecule has 0 aliphatic carbocycles. The highest BCUT2D eigenvalue weighted by Gasteiger charge is 2.18. The second-order valence-electron chi connectivity index (χ2n) is 6.52. The molecule has 1 unspecified atom stereocenters. The van der Waals surface area contributed by atoms with Gasteiger partial charge in [-0.3, -0.25) is 9.67 Å². The van der Waals surface area contributed by atoms with Gasteiger partial charge in [0.15, 0.2) is 5.96 Å². The maximum atomic E-state index is 6.15. The molecule has 7 heteroatoms. The van der Waals surface area contributed by atoms with E-state index in [0.29, 0.717) is 19.7 Å². The van der Waals surface area contributed by atoms with Gasteiger partial charge in [-0.1, -0.05) is 12.1 Å². The van der Waals surface area contributed by atoms with Crippen molar-refractivity contribution in [2.45, 2.75) is 32.5 Å². The molecule has 1 aliphatic rings. The second-order valence-corrected chi connectivity index (χ2v) is 6.52. The van der Waals surface area contributed by atoms with Crippen LogP contribution in [0.15, 0.2) is 35.6 Å². The largest absolute Gasteiger partial charge is 0.488 e. The molecule has 1 fully saturated rings. The number of hydrogen-bond donors (Lipinski definition) is 2. The Kier molecular flexibility index (Phi) is 6.12. The van der Waals surface area contributed by atoms with Gasteiger partial charge in [0.05, 0.1) is 19.4 Å². The maximum Gasteiger partial charge on any atom is 0.191 e. The zero-order valence-electron chi connectivity index (χ0n) is 15.7. The van der Waals surface area contributed by atoms with Crippen LogP contribution >= 0.6 is 0 Å². The minimum atomic E-state index is 0.138. The third-order valence-electron chi connectivity index (χ3n) is 4.29. The van der Waals surface area contributed by atoms with Crippen molar-refractivity contribution in [1.29, 1.82) is 0 Å². The van der Waals surface area contributed by atoms with Crippen molar-refractivity contribution in [2.75, 3.05) is 20.3 Å². The summed E-state index contributed by atoms with van der Waals surface area (Å²) in [5, 5.41) is 10.8. The zero-order valence-corrected chi connectivity index (χ0v) is 15.7. The van der Waals surface area contributed by atoms with Gasteiger partial charge in [0, 0.05) is 50.9 Å². The van der Waals surface area contributed by atoms with Crippen molar-refractivity contribution in [3.63, 3.8) is 0 Å². The highest BCUT2D eigenvalue weighted by molar-refractivity contribution is 5.79. The van der Waals surface area contributed by atoms with Crippen LogP contribution in [0.4, 0.5) is 0 Å². The molecule has 2 N–H and O–H groups in total. The molecule has 1 atom stereocenters. The molecule has 0 amide bonds. The average molecular weight is 357 g/mol. The number of aromatic nitrogens is 2. The van der Waals surface area contributed by atoms with Crippen LogP contribution in [0.25, 0.3) is 0 Å². The summed E-state index contributed by atoms with van der Waals surface area (Å²) in [5.74, 6) is 1.65. The van der Waals surface area contributed by atoms with Gasteiger partial charge in [-0.15, -0.1) is 0 Å². The Morgan fingerprint density at radius 3 is 2.92 bits per heavy atom. The van der Waals surface area contributed by atoms with Crippen LogP contribution in [0.3, 0.4) is 0 Å². The Labute approximate surface area is 154 Å². The van der Waals surface area contributed by atoms with Crippen LogP contribution in [0.1, 0.15) is 23.1 Å². The first-order valence-corrected chi connectivity index (χ1v) is 8.90. The standard InChI is InChI=1S/C19H27N5O2/c1-14-4-5-16(18(8-14)26-17-6-7-25-13-17)11-22-19(20-2)21-9-15-10-23-24(3)12-15/h4-5,8,10,12,17H,6-7,9,11,13H2,1-3H3,(H2,20,21,22). The first kappa shape index (κ1) is 18.3. The lowest BCUT2D eigenvalue weighted by Crippen LogP contribution is -2.36. The van der Waals surface area contributed by atoms with Crippen LogP contribution in [-0.4, -0.2) is 42.1 Å². The zero-order chi connectivity index (χ0) is 18.4. The lowest BCUT2D eigenvalue weighted by atomic mass is 10.1. The van der Waals surface area contributed by atoms with E-state index in [2.05, 4.69) is 45.8 Å². The molecular formula is C19H27N5O2. The van der Waals surface area contributed by atoms with Crippen molar-refractivity contribution in [3.05, 3.63) is 47.3 Å². The lowest BCUT2D eigenvalue weighted by molar-refractivity contribution is 0.140. The number of guanidine groups is 1. The third kappa shape index (κ3) is 4.98. The molecule has 0 saturated carbocycles. The molecule has 0 bridgehead atoms. The normalized spacial score (nSPS) is 17.3. The van der Waals surface area contributed by atoms with Gasteiger partial charge in [0.2, 0.25) is 0 Å². The predicted molar refractivity (Wildman–Crippen MR) is 101 cm³/mol. The SMILES string of the molecule is CN=C(NCc1cnn(C)c1)NCc1ccc(C)cc1OC1CCOC1. The van der Waals surface area contributed by atoms with Crippen LogP contribution < -0.4 is 15.4 Å². The molecule has 3 rings (SSSR count). The van der Waals surface area contributed by atoms with Crippen molar-refractivity contribution in [1.82, 2.24) is 20.4 Å². The van der Waals surface area contributed by atoms with Crippen molar-refractivity contribution < 1.29 is 9.47 Å². The molecule has 1 aliphatic heterocycles. The van der Waals surface area contributed by atoms with E-state index in [1.54, 1.807) is 11.7 Å². The highest BCUT2D eigenvalue weighted by atomic mass is 16.5. The monoisotopic (exact) mass is 357 g/mol. The summed E-state index contributed by atoms with van der Waals surface area (Å²) in [6.45, 7) is 4.81. The van der Waals surface area contributed by atoms with Crippen LogP contribution in [0.5, 0.6) is 5.75 Å². The summed E-state index contributed by atoms with van der Waals surface area (Å²) in [6, 6.07) is 6.28. The Morgan fingerprint density at radius 1 is 1.38 bits per heavy atom. The topological polar surface area (TPSA) is 72.7 Å². The van der Waals surface area contributed by atoms with Gasteiger partial charge in [-0.05, 0) is 18.6 Å². The predicted octanol–water partition coefficient (Wildman–Crippen LogP) is 1.76. The fourth-order valence-electron chi connectivity index (χ4n) is 2.85. The van der Waals surface area contributed by atoms with Gasteiger partial charge in [-0.25, -0.2) is 0 Å². The van der Waals surface area contributed by atoms with E-state index in [1.807, 2.05) is 19.4 Å². The van der Waals surface area contributed by atoms with E-state index < -0.39 is 0 Å². The molecular weight excluding hydrogens is 330 g/mol. The maximum absolute atomic E-state index is 6.15. The van der Waals surface area contributed by atoms with Crippen LogP contribution in [0.2, 0.25) is 0 Å². The Morgan fingerprint density at radius 2 is 2.23 bits per heavy atom. The van der Waals surface area contributed by atoms with Crippen molar-refractivity contribution >= 4 is 5.96 Å². The molecule has 0 radical (unpaired) electrons. The second kappa shape index (κ2) is 8.71. The number of aliphatic imine (C=N–C) groups is 1. The molecule has 1 saturated heterocycles. The number of ether oxygens (including phenoxy) is 2. The van der Waals surface area contributed by atoms with Gasteiger partial charge in [-0.2, -0.15) is 5.10 Å². The van der Waals surface area contributed by atoms with E-state index in [4.69, 9.17) is 9.47 Å². The Hall–Kier alpha value is -2.54. The molecule has 0 spiro atoms. The quantitative estimate of drug-likeness (QED) is 0.609. The first-order valence-electron chi connectivity index (χ1n) is 8.90. The fourth-order valence-corrected chi connectivity index (χ4v) is 2.85. The van der Waals surface area contributed by atoms with Gasteiger partial charge in [0.25, 0.3) is 0 Å². The van der Waals surface area contributed by atoms with Crippen molar-refractivity contribution in [2.24, 2.45) is 12.0 Å². The number of benzene rings is 1. The number of hydrogen-bond acceptors (Lipinski definition) is 4. The summed E-state index contributed by atoms with van der Waals surface area (Å²) < 4.78 is 13.4. The number of nitrogens with one attached hydrogen (secondary N) is 2. The van der Waals surface area contributed by atoms with E-state index in [1.165, 1.54) is 5.56 Å². The van der Waals surface area contributed by atoms with Gasteiger partial charge in [0.1, 0.15) is 11.9 Å². The van der Waals surface area contributed by atoms with Crippen molar-refractivity contribution in [3.8, 4) is 5.75 Å². The number of aryl methyl sites for hydroxylation is 2. The molecule has 7 nitrogen and oxygen atoms in total. The van der Waals surface area contributed by atoms with Gasteiger partial charge >= 0.3 is 0 Å². The fraction of sp³-hybridized carbons (Fsp3) is 0.474. The highest BCUT2D eigenvalue weighted by Crippen LogP contribution is 2.23. The number of nitrogens with zero attached hydrogens (tertiary/aromatic N) is 3. The van der Waals surface area contributed by atoms with Crippen LogP contribution in [0, 0.1) is 6.92 Å². The van der Waals surface area contributed by atoms with E-state index >= 15 is 0 Å². The van der Waals surface area contributed by atoms with E-state index in [0.717, 1.165) is 35.9 Å². The smallest absolute Gasteiger partial charge is 0.191 e. The van der Waals surface area contributed by atoms with E-state index in [9.17, 15) is 0 Å². The summed E-state index contributed by atoms with van der Waals surface area (Å²) in [4.78, 5) is 4.28. The molecule has 26 heavy (non-hydrogen) atoms. The van der Waals surface area contributed by atoms with Crippen LogP contribution in [-0.2, 0) is 24.9 Å². The summed E-state index contributed by atoms with van der Waals surface area (Å²) in [5.41, 5.74) is 3.39. The minimum Gasteiger partial charge on any atom is -0.488 e. The average Bonchev–Trinajstić information content (AvgIpc) is 3.28. The first-order chi connectivity index (χ1) is 12.6. The lowest BCUT2D eigenvalue weighted by Gasteiger charge is -2.18. The third-order valence-corrected chi connectivity index (χ3v) is 4.29. The molecule has 2 heterocycles.